The lowest BCUT2D eigenvalue weighted by Crippen LogP contribution is -2.44. The first-order valence-electron chi connectivity index (χ1n) is 11.7. The number of carbonyl (C=O) groups excluding carboxylic acids is 1. The molecule has 1 unspecified atom stereocenters. The van der Waals surface area contributed by atoms with E-state index in [2.05, 4.69) is 54.7 Å². The Labute approximate surface area is 199 Å². The first kappa shape index (κ1) is 22.2. The normalized spacial score (nSPS) is 19.1. The topological polar surface area (TPSA) is 88.8 Å². The summed E-state index contributed by atoms with van der Waals surface area (Å²) in [4.78, 5) is 19.4. The molecular weight excluding hydrogens is 430 g/mol. The SMILES string of the molecule is CN1CCN(c2ccc(NC(=O)Nc3ccc(C4CN(c5cn[nH]c5)CCO4)cc3)cc2)CC1. The van der Waals surface area contributed by atoms with Gasteiger partial charge in [-0.25, -0.2) is 4.79 Å². The number of nitrogens with one attached hydrogen (secondary N) is 3. The molecule has 3 heterocycles. The number of piperazine rings is 1. The highest BCUT2D eigenvalue weighted by Gasteiger charge is 2.22. The van der Waals surface area contributed by atoms with Gasteiger partial charge in [0.15, 0.2) is 0 Å². The van der Waals surface area contributed by atoms with Gasteiger partial charge >= 0.3 is 6.03 Å². The number of aromatic amines is 1. The number of hydrogen-bond acceptors (Lipinski definition) is 6. The number of carbonyl (C=O) groups is 1. The molecule has 1 atom stereocenters. The first-order chi connectivity index (χ1) is 16.6. The van der Waals surface area contributed by atoms with Crippen LogP contribution in [-0.4, -0.2) is 74.1 Å². The Kier molecular flexibility index (Phi) is 6.64. The Morgan fingerprint density at radius 3 is 2.24 bits per heavy atom. The number of morpholine rings is 1. The molecule has 3 aromatic rings. The van der Waals surface area contributed by atoms with Crippen molar-refractivity contribution in [3.8, 4) is 0 Å². The Hall–Kier alpha value is -3.56. The summed E-state index contributed by atoms with van der Waals surface area (Å²) in [5.74, 6) is 0. The van der Waals surface area contributed by atoms with Crippen molar-refractivity contribution in [2.45, 2.75) is 6.10 Å². The average Bonchev–Trinajstić information content (AvgIpc) is 3.41. The molecule has 0 spiro atoms. The van der Waals surface area contributed by atoms with E-state index in [0.29, 0.717) is 6.61 Å². The number of rotatable bonds is 5. The van der Waals surface area contributed by atoms with Crippen LogP contribution in [0.15, 0.2) is 60.9 Å². The molecule has 2 aliphatic heterocycles. The Bertz CT molecular complexity index is 1060. The van der Waals surface area contributed by atoms with Crippen LogP contribution in [0.4, 0.5) is 27.5 Å². The molecule has 34 heavy (non-hydrogen) atoms. The first-order valence-corrected chi connectivity index (χ1v) is 11.7. The van der Waals surface area contributed by atoms with Gasteiger partial charge in [0.1, 0.15) is 6.10 Å². The van der Waals surface area contributed by atoms with E-state index in [-0.39, 0.29) is 12.1 Å². The molecule has 2 fully saturated rings. The van der Waals surface area contributed by atoms with Gasteiger partial charge in [0, 0.05) is 62.5 Å². The number of ether oxygens (including phenoxy) is 1. The third-order valence-electron chi connectivity index (χ3n) is 6.45. The van der Waals surface area contributed by atoms with E-state index < -0.39 is 0 Å². The molecule has 1 aromatic heterocycles. The van der Waals surface area contributed by atoms with Crippen molar-refractivity contribution in [1.82, 2.24) is 15.1 Å². The summed E-state index contributed by atoms with van der Waals surface area (Å²) in [6, 6.07) is 15.6. The number of aromatic nitrogens is 2. The lowest BCUT2D eigenvalue weighted by atomic mass is 10.1. The predicted molar refractivity (Wildman–Crippen MR) is 135 cm³/mol. The van der Waals surface area contributed by atoms with Crippen LogP contribution in [-0.2, 0) is 4.74 Å². The number of likely N-dealkylation sites (N-methyl/N-ethyl adjacent to an activating group) is 1. The predicted octanol–water partition coefficient (Wildman–Crippen LogP) is 3.38. The van der Waals surface area contributed by atoms with Crippen molar-refractivity contribution in [2.24, 2.45) is 0 Å². The quantitative estimate of drug-likeness (QED) is 0.540. The monoisotopic (exact) mass is 461 g/mol. The molecule has 2 aliphatic rings. The van der Waals surface area contributed by atoms with Crippen LogP contribution < -0.4 is 20.4 Å². The smallest absolute Gasteiger partial charge is 0.323 e. The van der Waals surface area contributed by atoms with Crippen molar-refractivity contribution in [3.63, 3.8) is 0 Å². The number of urea groups is 1. The van der Waals surface area contributed by atoms with Crippen LogP contribution in [0.1, 0.15) is 11.7 Å². The summed E-state index contributed by atoms with van der Waals surface area (Å²) >= 11 is 0. The van der Waals surface area contributed by atoms with E-state index in [1.165, 1.54) is 5.69 Å². The maximum Gasteiger partial charge on any atom is 0.323 e. The van der Waals surface area contributed by atoms with E-state index in [1.807, 2.05) is 48.8 Å². The van der Waals surface area contributed by atoms with Crippen molar-refractivity contribution in [1.29, 1.82) is 0 Å². The number of benzene rings is 2. The zero-order valence-electron chi connectivity index (χ0n) is 19.4. The van der Waals surface area contributed by atoms with Crippen LogP contribution in [0, 0.1) is 0 Å². The molecule has 3 N–H and O–H groups in total. The molecule has 0 aliphatic carbocycles. The van der Waals surface area contributed by atoms with Gasteiger partial charge in [0.05, 0.1) is 18.5 Å². The van der Waals surface area contributed by atoms with Crippen molar-refractivity contribution < 1.29 is 9.53 Å². The van der Waals surface area contributed by atoms with Crippen LogP contribution in [0.5, 0.6) is 0 Å². The Morgan fingerprint density at radius 2 is 1.59 bits per heavy atom. The zero-order chi connectivity index (χ0) is 23.3. The van der Waals surface area contributed by atoms with E-state index >= 15 is 0 Å². The largest absolute Gasteiger partial charge is 0.370 e. The number of amides is 2. The van der Waals surface area contributed by atoms with Gasteiger partial charge in [-0.3, -0.25) is 5.10 Å². The minimum absolute atomic E-state index is 0.0228. The van der Waals surface area contributed by atoms with Gasteiger partial charge in [-0.2, -0.15) is 5.10 Å². The number of nitrogens with zero attached hydrogens (tertiary/aromatic N) is 4. The summed E-state index contributed by atoms with van der Waals surface area (Å²) < 4.78 is 5.97. The number of H-pyrrole nitrogens is 1. The lowest BCUT2D eigenvalue weighted by Gasteiger charge is -2.34. The third-order valence-corrected chi connectivity index (χ3v) is 6.45. The molecule has 2 aromatic carbocycles. The number of hydrogen-bond donors (Lipinski definition) is 3. The fourth-order valence-electron chi connectivity index (χ4n) is 4.40. The second kappa shape index (κ2) is 10.1. The summed E-state index contributed by atoms with van der Waals surface area (Å²) in [5.41, 5.74) is 4.84. The molecule has 0 radical (unpaired) electrons. The van der Waals surface area contributed by atoms with E-state index in [0.717, 1.165) is 61.9 Å². The molecule has 2 amide bonds. The Balaban J connectivity index is 1.13. The molecule has 9 heteroatoms. The minimum atomic E-state index is -0.264. The summed E-state index contributed by atoms with van der Waals surface area (Å²) in [5, 5.41) is 12.7. The fraction of sp³-hybridized carbons (Fsp3) is 0.360. The molecular formula is C25H31N7O2. The number of anilines is 4. The summed E-state index contributed by atoms with van der Waals surface area (Å²) in [7, 11) is 2.15. The molecule has 178 valence electrons. The highest BCUT2D eigenvalue weighted by Crippen LogP contribution is 2.26. The standard InChI is InChI=1S/C25H31N7O2/c1-30-10-12-31(13-11-30)22-8-6-21(7-9-22)29-25(33)28-20-4-2-19(3-5-20)24-18-32(14-15-34-24)23-16-26-27-17-23/h2-9,16-17,24H,10-15,18H2,1H3,(H,26,27)(H2,28,29,33). The van der Waals surface area contributed by atoms with E-state index in [9.17, 15) is 4.79 Å². The van der Waals surface area contributed by atoms with Gasteiger partial charge in [-0.05, 0) is 49.0 Å². The third kappa shape index (κ3) is 5.32. The molecule has 2 saturated heterocycles. The molecule has 5 rings (SSSR count). The van der Waals surface area contributed by atoms with Crippen LogP contribution in [0.2, 0.25) is 0 Å². The van der Waals surface area contributed by atoms with E-state index in [4.69, 9.17) is 4.74 Å². The van der Waals surface area contributed by atoms with Crippen molar-refractivity contribution >= 4 is 28.8 Å². The van der Waals surface area contributed by atoms with Crippen LogP contribution >= 0.6 is 0 Å². The summed E-state index contributed by atoms with van der Waals surface area (Å²) in [6.07, 6.45) is 3.70. The average molecular weight is 462 g/mol. The van der Waals surface area contributed by atoms with Crippen molar-refractivity contribution in [2.75, 3.05) is 73.4 Å². The van der Waals surface area contributed by atoms with Gasteiger partial charge in [-0.1, -0.05) is 12.1 Å². The highest BCUT2D eigenvalue weighted by molar-refractivity contribution is 5.99. The zero-order valence-corrected chi connectivity index (χ0v) is 19.4. The fourth-order valence-corrected chi connectivity index (χ4v) is 4.40. The lowest BCUT2D eigenvalue weighted by molar-refractivity contribution is 0.0398. The van der Waals surface area contributed by atoms with Gasteiger partial charge < -0.3 is 30.1 Å². The van der Waals surface area contributed by atoms with Crippen LogP contribution in [0.3, 0.4) is 0 Å². The highest BCUT2D eigenvalue weighted by atomic mass is 16.5. The van der Waals surface area contributed by atoms with E-state index in [1.54, 1.807) is 0 Å². The van der Waals surface area contributed by atoms with Gasteiger partial charge in [0.25, 0.3) is 0 Å². The molecule has 9 nitrogen and oxygen atoms in total. The second-order valence-corrected chi connectivity index (χ2v) is 8.80. The van der Waals surface area contributed by atoms with Gasteiger partial charge in [-0.15, -0.1) is 0 Å². The summed E-state index contributed by atoms with van der Waals surface area (Å²) in [6.45, 7) is 6.43. The van der Waals surface area contributed by atoms with Crippen molar-refractivity contribution in [3.05, 3.63) is 66.5 Å². The second-order valence-electron chi connectivity index (χ2n) is 8.80. The molecule has 0 bridgehead atoms. The molecule has 0 saturated carbocycles. The maximum absolute atomic E-state index is 12.5. The maximum atomic E-state index is 12.5. The van der Waals surface area contributed by atoms with Crippen LogP contribution in [0.25, 0.3) is 0 Å². The Morgan fingerprint density at radius 1 is 0.912 bits per heavy atom. The van der Waals surface area contributed by atoms with Gasteiger partial charge in [0.2, 0.25) is 0 Å². The minimum Gasteiger partial charge on any atom is -0.370 e.